The lowest BCUT2D eigenvalue weighted by molar-refractivity contribution is 0.252. The van der Waals surface area contributed by atoms with E-state index in [2.05, 4.69) is 17.2 Å². The van der Waals surface area contributed by atoms with Gasteiger partial charge in [-0.05, 0) is 6.92 Å². The predicted molar refractivity (Wildman–Crippen MR) is 36.7 cm³/mol. The number of hydrogen-bond acceptors (Lipinski definition) is 3. The Bertz CT molecular complexity index is 214. The molecule has 1 aromatic rings. The van der Waals surface area contributed by atoms with Gasteiger partial charge in [0.25, 0.3) is 0 Å². The fraction of sp³-hybridized carbons (Fsp3) is 0.571. The lowest BCUT2D eigenvalue weighted by Gasteiger charge is -2.36. The van der Waals surface area contributed by atoms with Gasteiger partial charge in [0.05, 0.1) is 11.6 Å². The first kappa shape index (κ1) is 5.92. The van der Waals surface area contributed by atoms with Gasteiger partial charge >= 0.3 is 0 Å². The lowest BCUT2D eigenvalue weighted by atomic mass is 9.82. The van der Waals surface area contributed by atoms with Crippen molar-refractivity contribution in [1.82, 2.24) is 10.3 Å². The quantitative estimate of drug-likeness (QED) is 0.615. The summed E-state index contributed by atoms with van der Waals surface area (Å²) >= 11 is 0. The van der Waals surface area contributed by atoms with Crippen LogP contribution in [0.15, 0.2) is 17.0 Å². The van der Waals surface area contributed by atoms with Crippen LogP contribution in [0.2, 0.25) is 0 Å². The van der Waals surface area contributed by atoms with Crippen molar-refractivity contribution in [1.29, 1.82) is 0 Å². The fourth-order valence-corrected chi connectivity index (χ4v) is 1.19. The number of aromatic nitrogens is 1. The third-order valence-electron chi connectivity index (χ3n) is 2.06. The van der Waals surface area contributed by atoms with Gasteiger partial charge in [0.2, 0.25) is 0 Å². The molecule has 0 radical (unpaired) electrons. The first-order valence-electron chi connectivity index (χ1n) is 3.41. The summed E-state index contributed by atoms with van der Waals surface area (Å²) in [6.45, 7) is 4.18. The summed E-state index contributed by atoms with van der Waals surface area (Å²) in [5.41, 5.74) is 0.205. The number of nitrogens with one attached hydrogen (secondary N) is 1. The van der Waals surface area contributed by atoms with Crippen molar-refractivity contribution >= 4 is 0 Å². The second kappa shape index (κ2) is 1.83. The third-order valence-corrected chi connectivity index (χ3v) is 2.06. The average Bonchev–Trinajstić information content (AvgIpc) is 2.33. The first-order chi connectivity index (χ1) is 4.81. The second-order valence-electron chi connectivity index (χ2n) is 3.03. The van der Waals surface area contributed by atoms with Crippen LogP contribution in [0, 0.1) is 0 Å². The summed E-state index contributed by atoms with van der Waals surface area (Å²) in [6, 6.07) is 0. The maximum atomic E-state index is 5.19. The van der Waals surface area contributed by atoms with Crippen molar-refractivity contribution in [2.75, 3.05) is 13.1 Å². The molecule has 0 unspecified atom stereocenters. The van der Waals surface area contributed by atoms with Crippen molar-refractivity contribution in [2.24, 2.45) is 0 Å². The minimum absolute atomic E-state index is 0.205. The number of nitrogens with zero attached hydrogens (tertiary/aromatic N) is 1. The topological polar surface area (TPSA) is 38.1 Å². The molecule has 1 aromatic heterocycles. The maximum absolute atomic E-state index is 5.19. The van der Waals surface area contributed by atoms with Gasteiger partial charge in [0.15, 0.2) is 6.39 Å². The monoisotopic (exact) mass is 138 g/mol. The van der Waals surface area contributed by atoms with E-state index in [0.717, 1.165) is 18.8 Å². The Hall–Kier alpha value is -0.830. The molecule has 1 fully saturated rings. The van der Waals surface area contributed by atoms with Gasteiger partial charge in [-0.1, -0.05) is 0 Å². The zero-order chi connectivity index (χ0) is 7.03. The summed E-state index contributed by atoms with van der Waals surface area (Å²) in [7, 11) is 0. The fourth-order valence-electron chi connectivity index (χ4n) is 1.19. The van der Waals surface area contributed by atoms with Gasteiger partial charge in [-0.3, -0.25) is 0 Å². The van der Waals surface area contributed by atoms with E-state index in [9.17, 15) is 0 Å². The number of hydrogen-bond donors (Lipinski definition) is 1. The van der Waals surface area contributed by atoms with Gasteiger partial charge in [-0.2, -0.15) is 0 Å². The maximum Gasteiger partial charge on any atom is 0.180 e. The Morgan fingerprint density at radius 2 is 2.50 bits per heavy atom. The van der Waals surface area contributed by atoms with E-state index in [-0.39, 0.29) is 5.41 Å². The van der Waals surface area contributed by atoms with Crippen LogP contribution in [0.5, 0.6) is 0 Å². The van der Waals surface area contributed by atoms with Gasteiger partial charge < -0.3 is 9.73 Å². The molecular weight excluding hydrogens is 128 g/mol. The summed E-state index contributed by atoms with van der Waals surface area (Å²) in [4.78, 5) is 3.88. The van der Waals surface area contributed by atoms with Gasteiger partial charge in [0, 0.05) is 13.1 Å². The molecule has 1 saturated heterocycles. The van der Waals surface area contributed by atoms with Crippen LogP contribution in [0.4, 0.5) is 0 Å². The standard InChI is InChI=1S/C7H10N2O/c1-7(3-9-4-7)6-2-8-5-10-6/h2,5,9H,3-4H2,1H3. The second-order valence-corrected chi connectivity index (χ2v) is 3.03. The van der Waals surface area contributed by atoms with Gasteiger partial charge in [-0.15, -0.1) is 0 Å². The van der Waals surface area contributed by atoms with E-state index >= 15 is 0 Å². The molecule has 1 N–H and O–H groups in total. The summed E-state index contributed by atoms with van der Waals surface area (Å²) in [5.74, 6) is 0.992. The van der Waals surface area contributed by atoms with E-state index in [1.807, 2.05) is 0 Å². The molecule has 54 valence electrons. The van der Waals surface area contributed by atoms with Crippen molar-refractivity contribution in [3.05, 3.63) is 18.4 Å². The van der Waals surface area contributed by atoms with Crippen LogP contribution < -0.4 is 5.32 Å². The molecule has 0 aliphatic carbocycles. The highest BCUT2D eigenvalue weighted by atomic mass is 16.3. The van der Waals surface area contributed by atoms with Gasteiger partial charge in [0.1, 0.15) is 5.76 Å². The van der Waals surface area contributed by atoms with Crippen LogP contribution >= 0.6 is 0 Å². The molecule has 3 nitrogen and oxygen atoms in total. The molecule has 2 rings (SSSR count). The molecule has 3 heteroatoms. The molecule has 0 amide bonds. The lowest BCUT2D eigenvalue weighted by Crippen LogP contribution is -2.54. The van der Waals surface area contributed by atoms with Crippen molar-refractivity contribution in [2.45, 2.75) is 12.3 Å². The van der Waals surface area contributed by atoms with Gasteiger partial charge in [-0.25, -0.2) is 4.98 Å². The SMILES string of the molecule is CC1(c2cnco2)CNC1. The molecule has 0 atom stereocenters. The smallest absolute Gasteiger partial charge is 0.180 e. The molecule has 10 heavy (non-hydrogen) atoms. The molecular formula is C7H10N2O. The van der Waals surface area contributed by atoms with Crippen LogP contribution in [0.25, 0.3) is 0 Å². The van der Waals surface area contributed by atoms with Crippen LogP contribution in [-0.2, 0) is 5.41 Å². The summed E-state index contributed by atoms with van der Waals surface area (Å²) in [6.07, 6.45) is 3.28. The van der Waals surface area contributed by atoms with Crippen molar-refractivity contribution < 1.29 is 4.42 Å². The Morgan fingerprint density at radius 3 is 2.90 bits per heavy atom. The minimum atomic E-state index is 0.205. The van der Waals surface area contributed by atoms with Crippen molar-refractivity contribution in [3.63, 3.8) is 0 Å². The van der Waals surface area contributed by atoms with E-state index in [1.54, 1.807) is 6.20 Å². The normalized spacial score (nSPS) is 22.1. The molecule has 0 aromatic carbocycles. The average molecular weight is 138 g/mol. The molecule has 0 bridgehead atoms. The summed E-state index contributed by atoms with van der Waals surface area (Å²) in [5, 5.41) is 3.20. The molecule has 0 spiro atoms. The van der Waals surface area contributed by atoms with E-state index < -0.39 is 0 Å². The highest BCUT2D eigenvalue weighted by molar-refractivity contribution is 5.14. The highest BCUT2D eigenvalue weighted by Crippen LogP contribution is 2.26. The third kappa shape index (κ3) is 0.671. The van der Waals surface area contributed by atoms with E-state index in [4.69, 9.17) is 4.42 Å². The van der Waals surface area contributed by atoms with Crippen LogP contribution in [-0.4, -0.2) is 18.1 Å². The zero-order valence-corrected chi connectivity index (χ0v) is 5.92. The number of rotatable bonds is 1. The molecule has 2 heterocycles. The Morgan fingerprint density at radius 1 is 1.70 bits per heavy atom. The molecule has 0 saturated carbocycles. The Labute approximate surface area is 59.4 Å². The van der Waals surface area contributed by atoms with Crippen molar-refractivity contribution in [3.8, 4) is 0 Å². The minimum Gasteiger partial charge on any atom is -0.448 e. The van der Waals surface area contributed by atoms with E-state index in [1.165, 1.54) is 6.39 Å². The Balaban J connectivity index is 2.27. The van der Waals surface area contributed by atoms with E-state index in [0.29, 0.717) is 0 Å². The summed E-state index contributed by atoms with van der Waals surface area (Å²) < 4.78 is 5.19. The zero-order valence-electron chi connectivity index (χ0n) is 5.92. The van der Waals surface area contributed by atoms with Crippen LogP contribution in [0.1, 0.15) is 12.7 Å². The first-order valence-corrected chi connectivity index (χ1v) is 3.41. The predicted octanol–water partition coefficient (Wildman–Crippen LogP) is 0.535. The van der Waals surface area contributed by atoms with Crippen LogP contribution in [0.3, 0.4) is 0 Å². The number of oxazole rings is 1. The molecule has 1 aliphatic rings. The highest BCUT2D eigenvalue weighted by Gasteiger charge is 2.36. The Kier molecular flexibility index (Phi) is 1.08. The molecule has 1 aliphatic heterocycles. The largest absolute Gasteiger partial charge is 0.448 e.